The standard InChI is InChI=1S/C32H37Cl2N3O6S/c1-37(2)18-6-17-35-31(39)32(16-21-44(40,41)26-8-4-3-5-9-26)29(27-15-12-24(33)22-28(27)34)43-30(36-32)23-10-13-25(14-11-23)42-20-7-19-38/h3-5,8-15,22,29,38H,6-7,16-21H2,1-2H3,(H,35,39)/t29-,32-/m1/s1. The first kappa shape index (κ1) is 33.7. The van der Waals surface area contributed by atoms with E-state index in [1.165, 1.54) is 12.1 Å². The number of sulfone groups is 1. The van der Waals surface area contributed by atoms with Crippen LogP contribution in [0.3, 0.4) is 0 Å². The van der Waals surface area contributed by atoms with Crippen molar-refractivity contribution in [2.24, 2.45) is 4.99 Å². The molecule has 0 saturated heterocycles. The highest BCUT2D eigenvalue weighted by Gasteiger charge is 2.54. The number of aliphatic hydroxyl groups excluding tert-OH is 1. The minimum Gasteiger partial charge on any atom is -0.494 e. The predicted octanol–water partition coefficient (Wildman–Crippen LogP) is 4.94. The van der Waals surface area contributed by atoms with Crippen LogP contribution < -0.4 is 10.1 Å². The fourth-order valence-electron chi connectivity index (χ4n) is 4.85. The molecule has 0 saturated carbocycles. The molecular formula is C32H37Cl2N3O6S. The van der Waals surface area contributed by atoms with Gasteiger partial charge in [-0.1, -0.05) is 47.5 Å². The zero-order valence-electron chi connectivity index (χ0n) is 24.7. The first-order chi connectivity index (χ1) is 21.1. The van der Waals surface area contributed by atoms with E-state index in [0.717, 1.165) is 6.54 Å². The molecule has 2 N–H and O–H groups in total. The van der Waals surface area contributed by atoms with Gasteiger partial charge in [-0.15, -0.1) is 0 Å². The van der Waals surface area contributed by atoms with E-state index >= 15 is 0 Å². The molecule has 2 atom stereocenters. The van der Waals surface area contributed by atoms with E-state index in [1.54, 1.807) is 60.7 Å². The molecule has 0 unspecified atom stereocenters. The quantitative estimate of drug-likeness (QED) is 0.222. The summed E-state index contributed by atoms with van der Waals surface area (Å²) in [4.78, 5) is 21.2. The summed E-state index contributed by atoms with van der Waals surface area (Å²) in [6.45, 7) is 1.49. The number of ether oxygens (including phenoxy) is 2. The van der Waals surface area contributed by atoms with Gasteiger partial charge >= 0.3 is 0 Å². The molecule has 1 aliphatic rings. The Bertz CT molecular complexity index is 1550. The number of benzene rings is 3. The summed E-state index contributed by atoms with van der Waals surface area (Å²) in [5, 5.41) is 12.7. The van der Waals surface area contributed by atoms with Crippen LogP contribution in [0.25, 0.3) is 0 Å². The Balaban J connectivity index is 1.76. The third-order valence-electron chi connectivity index (χ3n) is 7.20. The molecular weight excluding hydrogens is 625 g/mol. The molecule has 12 heteroatoms. The number of rotatable bonds is 15. The van der Waals surface area contributed by atoms with Crippen LogP contribution in [0.4, 0.5) is 0 Å². The number of carbonyl (C=O) groups is 1. The lowest BCUT2D eigenvalue weighted by Gasteiger charge is -2.31. The summed E-state index contributed by atoms with van der Waals surface area (Å²) >= 11 is 12.9. The van der Waals surface area contributed by atoms with Gasteiger partial charge in [0.05, 0.1) is 17.3 Å². The highest BCUT2D eigenvalue weighted by Crippen LogP contribution is 2.45. The number of nitrogens with zero attached hydrogens (tertiary/aromatic N) is 2. The van der Waals surface area contributed by atoms with Crippen molar-refractivity contribution in [2.75, 3.05) is 46.2 Å². The molecule has 236 valence electrons. The molecule has 44 heavy (non-hydrogen) atoms. The largest absolute Gasteiger partial charge is 0.494 e. The fraction of sp³-hybridized carbons (Fsp3) is 0.375. The molecule has 1 heterocycles. The Morgan fingerprint density at radius 2 is 1.80 bits per heavy atom. The van der Waals surface area contributed by atoms with Crippen LogP contribution in [0, 0.1) is 0 Å². The Morgan fingerprint density at radius 3 is 2.45 bits per heavy atom. The molecule has 0 radical (unpaired) electrons. The number of amides is 1. The molecule has 0 bridgehead atoms. The van der Waals surface area contributed by atoms with Crippen molar-refractivity contribution in [3.05, 3.63) is 94.0 Å². The minimum absolute atomic E-state index is 0.0245. The molecule has 3 aromatic carbocycles. The van der Waals surface area contributed by atoms with Gasteiger partial charge in [-0.3, -0.25) is 4.79 Å². The smallest absolute Gasteiger partial charge is 0.252 e. The van der Waals surface area contributed by atoms with Crippen molar-refractivity contribution in [1.82, 2.24) is 10.2 Å². The summed E-state index contributed by atoms with van der Waals surface area (Å²) in [5.74, 6) is -0.0587. The van der Waals surface area contributed by atoms with Crippen molar-refractivity contribution in [2.45, 2.75) is 35.8 Å². The molecule has 0 spiro atoms. The second-order valence-electron chi connectivity index (χ2n) is 10.7. The van der Waals surface area contributed by atoms with Crippen molar-refractivity contribution in [3.63, 3.8) is 0 Å². The van der Waals surface area contributed by atoms with Crippen LogP contribution in [-0.4, -0.2) is 81.9 Å². The van der Waals surface area contributed by atoms with E-state index in [2.05, 4.69) is 5.32 Å². The van der Waals surface area contributed by atoms with Crippen LogP contribution in [-0.2, 0) is 19.4 Å². The fourth-order valence-corrected chi connectivity index (χ4v) is 6.74. The number of aliphatic hydroxyl groups is 1. The van der Waals surface area contributed by atoms with E-state index < -0.39 is 27.4 Å². The number of hydrogen-bond donors (Lipinski definition) is 2. The van der Waals surface area contributed by atoms with E-state index in [1.807, 2.05) is 19.0 Å². The maximum atomic E-state index is 14.2. The Hall–Kier alpha value is -3.15. The number of carbonyl (C=O) groups excluding carboxylic acids is 1. The Kier molecular flexibility index (Phi) is 11.7. The third-order valence-corrected chi connectivity index (χ3v) is 9.49. The van der Waals surface area contributed by atoms with Crippen molar-refractivity contribution < 1.29 is 27.8 Å². The molecule has 0 fully saturated rings. The number of hydrogen-bond acceptors (Lipinski definition) is 8. The van der Waals surface area contributed by atoms with Gasteiger partial charge in [-0.25, -0.2) is 13.4 Å². The van der Waals surface area contributed by atoms with Crippen LogP contribution in [0.15, 0.2) is 82.7 Å². The molecule has 1 amide bonds. The second-order valence-corrected chi connectivity index (χ2v) is 13.7. The Morgan fingerprint density at radius 1 is 1.07 bits per heavy atom. The van der Waals surface area contributed by atoms with Crippen LogP contribution in [0.1, 0.15) is 36.5 Å². The monoisotopic (exact) mass is 661 g/mol. The average Bonchev–Trinajstić information content (AvgIpc) is 3.40. The first-order valence-electron chi connectivity index (χ1n) is 14.3. The molecule has 9 nitrogen and oxygen atoms in total. The van der Waals surface area contributed by atoms with Crippen LogP contribution >= 0.6 is 23.2 Å². The summed E-state index contributed by atoms with van der Waals surface area (Å²) < 4.78 is 39.0. The first-order valence-corrected chi connectivity index (χ1v) is 16.7. The van der Waals surface area contributed by atoms with Gasteiger partial charge in [0.1, 0.15) is 5.75 Å². The highest BCUT2D eigenvalue weighted by atomic mass is 35.5. The van der Waals surface area contributed by atoms with Gasteiger partial charge in [-0.2, -0.15) is 0 Å². The van der Waals surface area contributed by atoms with E-state index in [-0.39, 0.29) is 34.6 Å². The lowest BCUT2D eigenvalue weighted by molar-refractivity contribution is -0.129. The van der Waals surface area contributed by atoms with Crippen LogP contribution in [0.2, 0.25) is 10.0 Å². The minimum atomic E-state index is -3.78. The molecule has 0 aromatic heterocycles. The summed E-state index contributed by atoms with van der Waals surface area (Å²) in [7, 11) is 0.113. The highest BCUT2D eigenvalue weighted by molar-refractivity contribution is 7.91. The zero-order chi connectivity index (χ0) is 31.7. The van der Waals surface area contributed by atoms with Gasteiger partial charge in [-0.05, 0) is 75.6 Å². The lowest BCUT2D eigenvalue weighted by atomic mass is 9.85. The molecule has 1 aliphatic heterocycles. The number of nitrogens with one attached hydrogen (secondary N) is 1. The Labute approximate surface area is 268 Å². The van der Waals surface area contributed by atoms with Crippen molar-refractivity contribution >= 4 is 44.8 Å². The molecule has 3 aromatic rings. The van der Waals surface area contributed by atoms with E-state index in [0.29, 0.717) is 47.9 Å². The second kappa shape index (κ2) is 15.2. The summed E-state index contributed by atoms with van der Waals surface area (Å²) in [5.41, 5.74) is -0.634. The summed E-state index contributed by atoms with van der Waals surface area (Å²) in [6.07, 6.45) is -0.0283. The van der Waals surface area contributed by atoms with Gasteiger partial charge in [0, 0.05) is 47.2 Å². The normalized spacial score (nSPS) is 18.1. The lowest BCUT2D eigenvalue weighted by Crippen LogP contribution is -2.49. The van der Waals surface area contributed by atoms with Crippen molar-refractivity contribution in [1.29, 1.82) is 0 Å². The third kappa shape index (κ3) is 8.31. The van der Waals surface area contributed by atoms with Crippen molar-refractivity contribution in [3.8, 4) is 5.75 Å². The maximum absolute atomic E-state index is 14.2. The van der Waals surface area contributed by atoms with Gasteiger partial charge in [0.15, 0.2) is 21.5 Å². The average molecular weight is 663 g/mol. The number of aliphatic imine (C=N–C) groups is 1. The molecule has 4 rings (SSSR count). The predicted molar refractivity (Wildman–Crippen MR) is 172 cm³/mol. The maximum Gasteiger partial charge on any atom is 0.252 e. The molecule has 0 aliphatic carbocycles. The van der Waals surface area contributed by atoms with E-state index in [4.69, 9.17) is 42.8 Å². The van der Waals surface area contributed by atoms with E-state index in [9.17, 15) is 13.2 Å². The summed E-state index contributed by atoms with van der Waals surface area (Å²) in [6, 6.07) is 20.0. The zero-order valence-corrected chi connectivity index (χ0v) is 27.0. The topological polar surface area (TPSA) is 118 Å². The number of halogens is 2. The van der Waals surface area contributed by atoms with Gasteiger partial charge < -0.3 is 24.8 Å². The van der Waals surface area contributed by atoms with Gasteiger partial charge in [0.25, 0.3) is 5.91 Å². The van der Waals surface area contributed by atoms with Gasteiger partial charge in [0.2, 0.25) is 5.90 Å². The van der Waals surface area contributed by atoms with Crippen LogP contribution in [0.5, 0.6) is 5.75 Å². The SMILES string of the molecule is CN(C)CCCNC(=O)[C@]1(CCS(=O)(=O)c2ccccc2)N=C(c2ccc(OCCCO)cc2)O[C@@H]1c1ccc(Cl)cc1Cl.